The number of piperidine rings is 6. The molecule has 13 rings (SSSR count). The average Bonchev–Trinajstić information content (AvgIpc) is 3.33. The second kappa shape index (κ2) is 15.4. The van der Waals surface area contributed by atoms with Gasteiger partial charge in [-0.1, -0.05) is 48.6 Å². The number of rotatable bonds is 10. The van der Waals surface area contributed by atoms with Gasteiger partial charge < -0.3 is 9.47 Å². The number of hydrogen-bond acceptors (Lipinski definition) is 8. The molecule has 8 nitrogen and oxygen atoms in total. The van der Waals surface area contributed by atoms with Crippen molar-refractivity contribution in [1.82, 2.24) is 19.8 Å². The van der Waals surface area contributed by atoms with E-state index < -0.39 is 0 Å². The van der Waals surface area contributed by atoms with Gasteiger partial charge in [-0.2, -0.15) is 0 Å². The lowest BCUT2D eigenvalue weighted by Gasteiger charge is -2.52. The number of benzene rings is 4. The van der Waals surface area contributed by atoms with Crippen LogP contribution < -0.4 is 9.47 Å². The lowest BCUT2D eigenvalue weighted by Crippen LogP contribution is -2.55. The highest BCUT2D eigenvalue weighted by molar-refractivity contribution is 6.29. The van der Waals surface area contributed by atoms with Gasteiger partial charge in [0.25, 0.3) is 0 Å². The fourth-order valence-electron chi connectivity index (χ4n) is 12.5. The molecule has 6 aromatic rings. The van der Waals surface area contributed by atoms with Crippen LogP contribution in [0, 0.1) is 23.7 Å². The quantitative estimate of drug-likeness (QED) is 0.126. The Bertz CT molecular complexity index is 2630. The van der Waals surface area contributed by atoms with Gasteiger partial charge >= 0.3 is 0 Å². The van der Waals surface area contributed by atoms with Crippen LogP contribution in [0.4, 0.5) is 0 Å². The van der Waals surface area contributed by atoms with E-state index in [4.69, 9.17) is 19.4 Å². The number of hydrogen-bond donors (Lipinski definition) is 0. The molecule has 0 amide bonds. The molecular formula is C54H52N4O4. The maximum atomic E-state index is 15.6. The molecule has 2 aromatic heterocycles. The van der Waals surface area contributed by atoms with Crippen LogP contribution in [0.25, 0.3) is 21.8 Å². The summed E-state index contributed by atoms with van der Waals surface area (Å²) in [4.78, 5) is 46.2. The summed E-state index contributed by atoms with van der Waals surface area (Å²) in [6.07, 6.45) is 12.2. The van der Waals surface area contributed by atoms with Gasteiger partial charge in [0, 0.05) is 82.4 Å². The molecule has 0 N–H and O–H groups in total. The highest BCUT2D eigenvalue weighted by Crippen LogP contribution is 2.51. The molecule has 62 heavy (non-hydrogen) atoms. The van der Waals surface area contributed by atoms with Crippen LogP contribution >= 0.6 is 0 Å². The van der Waals surface area contributed by atoms with Crippen molar-refractivity contribution in [2.75, 3.05) is 40.4 Å². The molecule has 0 radical (unpaired) electrons. The number of carbonyl (C=O) groups is 2. The molecule has 0 spiro atoms. The summed E-state index contributed by atoms with van der Waals surface area (Å²) < 4.78 is 11.6. The van der Waals surface area contributed by atoms with E-state index in [0.717, 1.165) is 107 Å². The van der Waals surface area contributed by atoms with E-state index in [1.54, 1.807) is 14.2 Å². The number of ether oxygens (including phenoxy) is 2. The Morgan fingerprint density at radius 3 is 1.45 bits per heavy atom. The summed E-state index contributed by atoms with van der Waals surface area (Å²) in [6, 6.07) is 28.4. The Morgan fingerprint density at radius 1 is 0.613 bits per heavy atom. The minimum atomic E-state index is -0.238. The predicted octanol–water partition coefficient (Wildman–Crippen LogP) is 9.63. The Balaban J connectivity index is 1.20. The predicted molar refractivity (Wildman–Crippen MR) is 244 cm³/mol. The van der Waals surface area contributed by atoms with Gasteiger partial charge in [-0.3, -0.25) is 29.4 Å². The second-order valence-electron chi connectivity index (χ2n) is 18.2. The largest absolute Gasteiger partial charge is 0.497 e. The third-order valence-corrected chi connectivity index (χ3v) is 15.5. The van der Waals surface area contributed by atoms with Crippen molar-refractivity contribution in [2.24, 2.45) is 23.7 Å². The first-order valence-electron chi connectivity index (χ1n) is 22.3. The molecule has 4 bridgehead atoms. The molecule has 6 aliphatic heterocycles. The van der Waals surface area contributed by atoms with Crippen molar-refractivity contribution in [2.45, 2.75) is 49.6 Å². The van der Waals surface area contributed by atoms with Crippen LogP contribution in [0.3, 0.4) is 0 Å². The minimum absolute atomic E-state index is 0.0835. The van der Waals surface area contributed by atoms with Gasteiger partial charge in [-0.15, -0.1) is 13.2 Å². The first-order chi connectivity index (χ1) is 30.4. The van der Waals surface area contributed by atoms with Gasteiger partial charge in [0.15, 0.2) is 11.6 Å². The van der Waals surface area contributed by atoms with Crippen LogP contribution in [0.5, 0.6) is 11.5 Å². The van der Waals surface area contributed by atoms with E-state index in [0.29, 0.717) is 45.9 Å². The minimum Gasteiger partial charge on any atom is -0.497 e. The number of ketones is 2. The summed E-state index contributed by atoms with van der Waals surface area (Å²) in [6.45, 7) is 12.3. The first-order valence-corrected chi connectivity index (χ1v) is 22.3. The number of nitrogens with zero attached hydrogens (tertiary/aromatic N) is 4. The van der Waals surface area contributed by atoms with E-state index in [9.17, 15) is 0 Å². The van der Waals surface area contributed by atoms with Crippen LogP contribution in [-0.4, -0.2) is 83.8 Å². The van der Waals surface area contributed by atoms with Gasteiger partial charge in [-0.05, 0) is 133 Å². The molecule has 4 aromatic carbocycles. The number of methoxy groups -OCH3 is 2. The Labute approximate surface area is 363 Å². The van der Waals surface area contributed by atoms with Crippen LogP contribution in [0.1, 0.15) is 91.6 Å². The zero-order valence-electron chi connectivity index (χ0n) is 35.5. The normalized spacial score (nSPS) is 27.1. The first kappa shape index (κ1) is 38.9. The molecule has 6 fully saturated rings. The van der Waals surface area contributed by atoms with E-state index in [2.05, 4.69) is 71.5 Å². The van der Waals surface area contributed by atoms with Gasteiger partial charge in [0.2, 0.25) is 0 Å². The third-order valence-electron chi connectivity index (χ3n) is 15.5. The topological polar surface area (TPSA) is 84.9 Å². The third kappa shape index (κ3) is 6.09. The molecule has 10 atom stereocenters. The highest BCUT2D eigenvalue weighted by Gasteiger charge is 2.48. The van der Waals surface area contributed by atoms with E-state index in [1.165, 1.54) is 0 Å². The van der Waals surface area contributed by atoms with Gasteiger partial charge in [-0.25, -0.2) is 0 Å². The summed E-state index contributed by atoms with van der Waals surface area (Å²) in [5.41, 5.74) is 7.71. The molecule has 6 saturated heterocycles. The van der Waals surface area contributed by atoms with Gasteiger partial charge in [0.05, 0.1) is 25.3 Å². The summed E-state index contributed by atoms with van der Waals surface area (Å²) in [5.74, 6) is 2.63. The smallest absolute Gasteiger partial charge is 0.194 e. The van der Waals surface area contributed by atoms with E-state index >= 15 is 9.59 Å². The van der Waals surface area contributed by atoms with Crippen molar-refractivity contribution in [3.8, 4) is 11.5 Å². The second-order valence-corrected chi connectivity index (χ2v) is 18.2. The monoisotopic (exact) mass is 820 g/mol. The fourth-order valence-corrected chi connectivity index (χ4v) is 12.5. The fraction of sp³-hybridized carbons (Fsp3) is 0.333. The highest BCUT2D eigenvalue weighted by atomic mass is 16.5. The van der Waals surface area contributed by atoms with Crippen LogP contribution in [-0.2, 0) is 0 Å². The molecule has 2 unspecified atom stereocenters. The molecule has 8 heterocycles. The molecule has 7 aliphatic rings. The van der Waals surface area contributed by atoms with Crippen LogP contribution in [0.2, 0.25) is 0 Å². The van der Waals surface area contributed by atoms with Crippen molar-refractivity contribution in [3.05, 3.63) is 167 Å². The molecule has 8 heteroatoms. The molecule has 312 valence electrons. The average molecular weight is 821 g/mol. The van der Waals surface area contributed by atoms with Gasteiger partial charge in [0.1, 0.15) is 11.5 Å². The Kier molecular flexibility index (Phi) is 9.69. The zero-order valence-corrected chi connectivity index (χ0v) is 35.5. The maximum Gasteiger partial charge on any atom is 0.194 e. The number of fused-ring (bicyclic) bond motifs is 10. The zero-order chi connectivity index (χ0) is 42.2. The Morgan fingerprint density at radius 2 is 1.06 bits per heavy atom. The summed E-state index contributed by atoms with van der Waals surface area (Å²) in [7, 11) is 3.38. The molecular weight excluding hydrogens is 769 g/mol. The molecule has 1 aliphatic carbocycles. The number of carbonyl (C=O) groups excluding carboxylic acids is 2. The van der Waals surface area contributed by atoms with Crippen LogP contribution in [0.15, 0.2) is 123 Å². The van der Waals surface area contributed by atoms with E-state index in [1.807, 2.05) is 60.9 Å². The lowest BCUT2D eigenvalue weighted by molar-refractivity contribution is 0.0116. The van der Waals surface area contributed by atoms with E-state index in [-0.39, 0.29) is 35.5 Å². The van der Waals surface area contributed by atoms with Crippen molar-refractivity contribution in [1.29, 1.82) is 0 Å². The SMILES string of the molecule is C=C[C@@H]1CN2CC[C@H]1C[C@@H]2[C@H](c1ccc([C@H](c2ccnc3ccc(OC)cc23)[C@@H]2C[C@H]3CCN2C[C@H]3C=C)c2c1C(=O)c1ccccc1C2=O)c1ccnc2ccc(OC)cc12. The Hall–Kier alpha value is -5.96. The summed E-state index contributed by atoms with van der Waals surface area (Å²) in [5, 5.41) is 1.98. The number of pyridine rings is 2. The standard InChI is InChI=1S/C54H52N4O4/c1-5-31-29-57-23-19-33(31)25-47(57)49(37-17-21-55-45-15-11-35(61-3)27-43(37)45)41-13-14-42(52-51(41)53(59)39-9-7-8-10-40(39)54(52)60)50(48-26-34-20-24-58(48)30-32(34)6-2)38-18-22-56-46-16-12-36(62-4)28-44(38)46/h5-18,21-22,27-28,31-34,47-50H,1-2,19-20,23-26,29-30H2,3-4H3/t31-,32-,33-,34+,47+,48-,49+,50+/m1/s1. The maximum absolute atomic E-state index is 15.6. The van der Waals surface area contributed by atoms with Crippen molar-refractivity contribution < 1.29 is 19.1 Å². The van der Waals surface area contributed by atoms with Crippen molar-refractivity contribution in [3.63, 3.8) is 0 Å². The van der Waals surface area contributed by atoms with Crippen molar-refractivity contribution >= 4 is 33.4 Å². The lowest BCUT2D eigenvalue weighted by atomic mass is 9.65. The number of aromatic nitrogens is 2. The molecule has 0 saturated carbocycles. The summed E-state index contributed by atoms with van der Waals surface area (Å²) >= 11 is 0.